The largest absolute Gasteiger partial charge is 0.491 e. The standard InChI is InChI=1S/C18H17ClN2O2/c19-15-6-8-17(9-7-15)23-12-16(22)10-21-11-18(20-13-21)14-4-2-1-3-5-14/h1-9,11,13,16,22H,10,12H2/t16-/m0/s1. The van der Waals surface area contributed by atoms with Gasteiger partial charge in [0.1, 0.15) is 18.5 Å². The van der Waals surface area contributed by atoms with E-state index in [0.29, 0.717) is 17.3 Å². The number of rotatable bonds is 6. The monoisotopic (exact) mass is 328 g/mol. The van der Waals surface area contributed by atoms with Crippen molar-refractivity contribution in [2.45, 2.75) is 12.6 Å². The van der Waals surface area contributed by atoms with Crippen molar-refractivity contribution in [3.05, 3.63) is 72.1 Å². The molecule has 118 valence electrons. The number of aromatic nitrogens is 2. The summed E-state index contributed by atoms with van der Waals surface area (Å²) in [5, 5.41) is 10.8. The molecule has 4 nitrogen and oxygen atoms in total. The fraction of sp³-hybridized carbons (Fsp3) is 0.167. The van der Waals surface area contributed by atoms with E-state index in [2.05, 4.69) is 4.98 Å². The van der Waals surface area contributed by atoms with Crippen LogP contribution in [0.5, 0.6) is 5.75 Å². The van der Waals surface area contributed by atoms with Crippen molar-refractivity contribution in [1.82, 2.24) is 9.55 Å². The van der Waals surface area contributed by atoms with Crippen LogP contribution in [0.1, 0.15) is 0 Å². The predicted molar refractivity (Wildman–Crippen MR) is 90.6 cm³/mol. The molecule has 0 aliphatic heterocycles. The zero-order valence-corrected chi connectivity index (χ0v) is 13.2. The minimum absolute atomic E-state index is 0.209. The van der Waals surface area contributed by atoms with E-state index < -0.39 is 6.10 Å². The number of halogens is 1. The van der Waals surface area contributed by atoms with Gasteiger partial charge in [-0.15, -0.1) is 0 Å². The van der Waals surface area contributed by atoms with Crippen LogP contribution in [0.4, 0.5) is 0 Å². The Labute approximate surface area is 139 Å². The minimum atomic E-state index is -0.622. The Kier molecular flexibility index (Phi) is 4.95. The maximum atomic E-state index is 10.1. The number of aliphatic hydroxyl groups is 1. The number of imidazole rings is 1. The molecule has 0 saturated heterocycles. The highest BCUT2D eigenvalue weighted by molar-refractivity contribution is 6.30. The fourth-order valence-corrected chi connectivity index (χ4v) is 2.36. The van der Waals surface area contributed by atoms with Gasteiger partial charge in [0.2, 0.25) is 0 Å². The van der Waals surface area contributed by atoms with Crippen LogP contribution in [0, 0.1) is 0 Å². The van der Waals surface area contributed by atoms with Crippen LogP contribution in [-0.2, 0) is 6.54 Å². The van der Waals surface area contributed by atoms with Crippen molar-refractivity contribution in [3.63, 3.8) is 0 Å². The second-order valence-electron chi connectivity index (χ2n) is 5.24. The zero-order valence-electron chi connectivity index (χ0n) is 12.5. The normalized spacial score (nSPS) is 12.1. The van der Waals surface area contributed by atoms with Gasteiger partial charge in [-0.2, -0.15) is 0 Å². The van der Waals surface area contributed by atoms with E-state index in [1.807, 2.05) is 41.1 Å². The van der Waals surface area contributed by atoms with E-state index in [1.165, 1.54) is 0 Å². The number of nitrogens with zero attached hydrogens (tertiary/aromatic N) is 2. The van der Waals surface area contributed by atoms with Gasteiger partial charge in [0.05, 0.1) is 18.6 Å². The molecule has 0 bridgehead atoms. The molecule has 0 amide bonds. The molecule has 3 aromatic rings. The smallest absolute Gasteiger partial charge is 0.119 e. The maximum absolute atomic E-state index is 10.1. The highest BCUT2D eigenvalue weighted by atomic mass is 35.5. The summed E-state index contributed by atoms with van der Waals surface area (Å²) in [5.74, 6) is 0.684. The van der Waals surface area contributed by atoms with Gasteiger partial charge in [-0.1, -0.05) is 41.9 Å². The van der Waals surface area contributed by atoms with Gasteiger partial charge in [0.25, 0.3) is 0 Å². The summed E-state index contributed by atoms with van der Waals surface area (Å²) in [6, 6.07) is 17.0. The molecular formula is C18H17ClN2O2. The fourth-order valence-electron chi connectivity index (χ4n) is 2.24. The van der Waals surface area contributed by atoms with Crippen LogP contribution < -0.4 is 4.74 Å². The number of hydrogen-bond donors (Lipinski definition) is 1. The van der Waals surface area contributed by atoms with E-state index in [1.54, 1.807) is 30.6 Å². The Bertz CT molecular complexity index is 741. The predicted octanol–water partition coefficient (Wildman–Crippen LogP) is 3.64. The summed E-state index contributed by atoms with van der Waals surface area (Å²) in [6.07, 6.45) is 3.01. The molecule has 1 N–H and O–H groups in total. The van der Waals surface area contributed by atoms with E-state index in [0.717, 1.165) is 11.3 Å². The first-order valence-corrected chi connectivity index (χ1v) is 7.72. The van der Waals surface area contributed by atoms with Crippen molar-refractivity contribution in [1.29, 1.82) is 0 Å². The summed E-state index contributed by atoms with van der Waals surface area (Å²) in [6.45, 7) is 0.633. The minimum Gasteiger partial charge on any atom is -0.491 e. The summed E-state index contributed by atoms with van der Waals surface area (Å²) < 4.78 is 7.40. The number of aliphatic hydroxyl groups excluding tert-OH is 1. The average molecular weight is 329 g/mol. The molecule has 0 spiro atoms. The van der Waals surface area contributed by atoms with Crippen LogP contribution in [0.3, 0.4) is 0 Å². The van der Waals surface area contributed by atoms with E-state index >= 15 is 0 Å². The van der Waals surface area contributed by atoms with Gasteiger partial charge in [-0.05, 0) is 24.3 Å². The molecule has 2 aromatic carbocycles. The second-order valence-corrected chi connectivity index (χ2v) is 5.68. The highest BCUT2D eigenvalue weighted by Crippen LogP contribution is 2.17. The molecule has 0 aliphatic carbocycles. The second kappa shape index (κ2) is 7.31. The number of ether oxygens (including phenoxy) is 1. The summed E-state index contributed by atoms with van der Waals surface area (Å²) >= 11 is 5.82. The lowest BCUT2D eigenvalue weighted by atomic mass is 10.2. The van der Waals surface area contributed by atoms with E-state index in [-0.39, 0.29) is 6.61 Å². The molecular weight excluding hydrogens is 312 g/mol. The zero-order chi connectivity index (χ0) is 16.1. The van der Waals surface area contributed by atoms with Crippen LogP contribution in [0.2, 0.25) is 5.02 Å². The summed E-state index contributed by atoms with van der Waals surface area (Å²) in [7, 11) is 0. The summed E-state index contributed by atoms with van der Waals surface area (Å²) in [5.41, 5.74) is 1.94. The van der Waals surface area contributed by atoms with Crippen molar-refractivity contribution in [2.24, 2.45) is 0 Å². The maximum Gasteiger partial charge on any atom is 0.119 e. The van der Waals surface area contributed by atoms with Crippen LogP contribution in [0.25, 0.3) is 11.3 Å². The van der Waals surface area contributed by atoms with Crippen molar-refractivity contribution in [3.8, 4) is 17.0 Å². The third-order valence-electron chi connectivity index (χ3n) is 3.38. The number of hydrogen-bond acceptors (Lipinski definition) is 3. The Balaban J connectivity index is 1.55. The third kappa shape index (κ3) is 4.34. The molecule has 0 aliphatic rings. The Morgan fingerprint density at radius 2 is 1.83 bits per heavy atom. The van der Waals surface area contributed by atoms with Crippen molar-refractivity contribution >= 4 is 11.6 Å². The van der Waals surface area contributed by atoms with E-state index in [9.17, 15) is 5.11 Å². The molecule has 1 heterocycles. The van der Waals surface area contributed by atoms with Gasteiger partial charge < -0.3 is 14.4 Å². The lowest BCUT2D eigenvalue weighted by molar-refractivity contribution is 0.0925. The molecule has 1 atom stereocenters. The molecule has 0 saturated carbocycles. The van der Waals surface area contributed by atoms with Crippen LogP contribution in [0.15, 0.2) is 67.1 Å². The van der Waals surface area contributed by atoms with Gasteiger partial charge in [0, 0.05) is 16.8 Å². The first kappa shape index (κ1) is 15.6. The lowest BCUT2D eigenvalue weighted by Crippen LogP contribution is -2.22. The number of benzene rings is 2. The Hall–Kier alpha value is -2.30. The lowest BCUT2D eigenvalue weighted by Gasteiger charge is -2.12. The van der Waals surface area contributed by atoms with Gasteiger partial charge in [0.15, 0.2) is 0 Å². The SMILES string of the molecule is O[C@H](COc1ccc(Cl)cc1)Cn1cnc(-c2ccccc2)c1. The van der Waals surface area contributed by atoms with Crippen molar-refractivity contribution < 1.29 is 9.84 Å². The topological polar surface area (TPSA) is 47.3 Å². The quantitative estimate of drug-likeness (QED) is 0.751. The average Bonchev–Trinajstić information content (AvgIpc) is 3.04. The summed E-state index contributed by atoms with van der Waals surface area (Å²) in [4.78, 5) is 4.36. The van der Waals surface area contributed by atoms with Crippen LogP contribution in [-0.4, -0.2) is 27.4 Å². The molecule has 3 rings (SSSR count). The Morgan fingerprint density at radius 3 is 2.57 bits per heavy atom. The molecule has 0 fully saturated rings. The Morgan fingerprint density at radius 1 is 1.09 bits per heavy atom. The molecule has 1 aromatic heterocycles. The molecule has 5 heteroatoms. The first-order valence-electron chi connectivity index (χ1n) is 7.34. The van der Waals surface area contributed by atoms with Crippen LogP contribution >= 0.6 is 11.6 Å². The van der Waals surface area contributed by atoms with Gasteiger partial charge >= 0.3 is 0 Å². The molecule has 23 heavy (non-hydrogen) atoms. The van der Waals surface area contributed by atoms with Gasteiger partial charge in [-0.25, -0.2) is 4.98 Å². The van der Waals surface area contributed by atoms with Gasteiger partial charge in [-0.3, -0.25) is 0 Å². The highest BCUT2D eigenvalue weighted by Gasteiger charge is 2.08. The van der Waals surface area contributed by atoms with Crippen molar-refractivity contribution in [2.75, 3.05) is 6.61 Å². The third-order valence-corrected chi connectivity index (χ3v) is 3.63. The first-order chi connectivity index (χ1) is 11.2. The molecule has 0 unspecified atom stereocenters. The van der Waals surface area contributed by atoms with E-state index in [4.69, 9.17) is 16.3 Å². The molecule has 0 radical (unpaired) electrons.